The van der Waals surface area contributed by atoms with E-state index in [1.54, 1.807) is 29.0 Å². The van der Waals surface area contributed by atoms with Gasteiger partial charge in [-0.1, -0.05) is 17.7 Å². The van der Waals surface area contributed by atoms with Crippen molar-refractivity contribution >= 4 is 35.1 Å². The molecule has 3 aliphatic heterocycles. The van der Waals surface area contributed by atoms with Crippen LogP contribution in [0.4, 0.5) is 16.2 Å². The molecule has 5 rings (SSSR count). The van der Waals surface area contributed by atoms with Crippen molar-refractivity contribution < 1.29 is 23.9 Å². The largest absolute Gasteiger partial charge is 0.382 e. The monoisotopic (exact) mass is 462 g/mol. The average molecular weight is 463 g/mol. The second-order valence-corrected chi connectivity index (χ2v) is 8.95. The van der Waals surface area contributed by atoms with Gasteiger partial charge in [-0.05, 0) is 49.2 Å². The number of carbonyl (C=O) groups is 4. The number of amides is 5. The summed E-state index contributed by atoms with van der Waals surface area (Å²) in [7, 11) is 1.62. The first kappa shape index (κ1) is 22.1. The van der Waals surface area contributed by atoms with Gasteiger partial charge in [0.1, 0.15) is 6.04 Å². The summed E-state index contributed by atoms with van der Waals surface area (Å²) in [6.45, 7) is 3.10. The van der Waals surface area contributed by atoms with E-state index >= 15 is 0 Å². The van der Waals surface area contributed by atoms with Gasteiger partial charge in [-0.15, -0.1) is 0 Å². The molecule has 9 heteroatoms. The fourth-order valence-electron chi connectivity index (χ4n) is 4.95. The highest BCUT2D eigenvalue weighted by Gasteiger charge is 2.41. The first-order valence-corrected chi connectivity index (χ1v) is 11.3. The van der Waals surface area contributed by atoms with Gasteiger partial charge in [0.15, 0.2) is 0 Å². The van der Waals surface area contributed by atoms with Crippen LogP contribution >= 0.6 is 0 Å². The van der Waals surface area contributed by atoms with Gasteiger partial charge in [-0.2, -0.15) is 0 Å². The summed E-state index contributed by atoms with van der Waals surface area (Å²) in [5.41, 5.74) is 3.89. The highest BCUT2D eigenvalue weighted by molar-refractivity contribution is 6.08. The summed E-state index contributed by atoms with van der Waals surface area (Å²) in [6, 6.07) is 12.2. The van der Waals surface area contributed by atoms with Crippen LogP contribution in [0.2, 0.25) is 0 Å². The van der Waals surface area contributed by atoms with Crippen LogP contribution in [0.3, 0.4) is 0 Å². The van der Waals surface area contributed by atoms with E-state index in [1.807, 2.05) is 37.3 Å². The summed E-state index contributed by atoms with van der Waals surface area (Å²) >= 11 is 0. The minimum Gasteiger partial charge on any atom is -0.382 e. The van der Waals surface area contributed by atoms with Crippen LogP contribution in [0.25, 0.3) is 0 Å². The second-order valence-electron chi connectivity index (χ2n) is 8.95. The molecule has 0 saturated carbocycles. The predicted octanol–water partition coefficient (Wildman–Crippen LogP) is 2.22. The van der Waals surface area contributed by atoms with E-state index in [0.717, 1.165) is 16.8 Å². The standard InChI is InChI=1S/C25H26N4O5/c1-15-3-5-17(6-4-15)29-19(14-34-2)13-27(25(29)33)18-7-8-20-16(11-18)12-28(24(20)32)21-9-10-22(30)26-23(21)31/h3-8,11,19,21H,9-10,12-14H2,1-2H3,(H,26,30,31)/t19-,21?/m1/s1. The first-order chi connectivity index (χ1) is 16.4. The number of hydrogen-bond donors (Lipinski definition) is 1. The van der Waals surface area contributed by atoms with Crippen molar-refractivity contribution in [3.8, 4) is 0 Å². The van der Waals surface area contributed by atoms with Gasteiger partial charge in [0, 0.05) is 37.0 Å². The molecule has 2 aromatic rings. The molecular weight excluding hydrogens is 436 g/mol. The van der Waals surface area contributed by atoms with Crippen LogP contribution in [0.15, 0.2) is 42.5 Å². The van der Waals surface area contributed by atoms with Crippen molar-refractivity contribution in [2.24, 2.45) is 0 Å². The van der Waals surface area contributed by atoms with Crippen molar-refractivity contribution in [2.75, 3.05) is 30.1 Å². The van der Waals surface area contributed by atoms with Gasteiger partial charge < -0.3 is 9.64 Å². The maximum atomic E-state index is 13.5. The van der Waals surface area contributed by atoms with Gasteiger partial charge in [0.2, 0.25) is 11.8 Å². The van der Waals surface area contributed by atoms with Gasteiger partial charge in [-0.25, -0.2) is 4.79 Å². The van der Waals surface area contributed by atoms with Crippen molar-refractivity contribution in [3.63, 3.8) is 0 Å². The van der Waals surface area contributed by atoms with Crippen molar-refractivity contribution in [1.82, 2.24) is 10.2 Å². The van der Waals surface area contributed by atoms with E-state index in [1.165, 1.54) is 4.90 Å². The van der Waals surface area contributed by atoms with E-state index < -0.39 is 11.9 Å². The second kappa shape index (κ2) is 8.57. The van der Waals surface area contributed by atoms with E-state index in [9.17, 15) is 19.2 Å². The number of aryl methyl sites for hydroxylation is 1. The number of methoxy groups -OCH3 is 1. The molecule has 0 bridgehead atoms. The lowest BCUT2D eigenvalue weighted by molar-refractivity contribution is -0.136. The molecule has 3 heterocycles. The Hall–Kier alpha value is -3.72. The molecule has 9 nitrogen and oxygen atoms in total. The Balaban J connectivity index is 1.40. The van der Waals surface area contributed by atoms with Gasteiger partial charge >= 0.3 is 6.03 Å². The molecular formula is C25H26N4O5. The minimum atomic E-state index is -0.669. The number of nitrogens with zero attached hydrogens (tertiary/aromatic N) is 3. The summed E-state index contributed by atoms with van der Waals surface area (Å²) in [6.07, 6.45) is 0.520. The maximum absolute atomic E-state index is 13.5. The average Bonchev–Trinajstić information content (AvgIpc) is 3.31. The van der Waals surface area contributed by atoms with E-state index in [-0.39, 0.29) is 36.9 Å². The predicted molar refractivity (Wildman–Crippen MR) is 125 cm³/mol. The zero-order valence-electron chi connectivity index (χ0n) is 19.1. The molecule has 1 unspecified atom stereocenters. The van der Waals surface area contributed by atoms with Crippen molar-refractivity contribution in [2.45, 2.75) is 38.4 Å². The molecule has 0 aromatic heterocycles. The molecule has 0 radical (unpaired) electrons. The summed E-state index contributed by atoms with van der Waals surface area (Å²) in [5.74, 6) is -0.991. The topological polar surface area (TPSA) is 99.3 Å². The van der Waals surface area contributed by atoms with Crippen LogP contribution in [0.1, 0.15) is 34.3 Å². The molecule has 176 valence electrons. The summed E-state index contributed by atoms with van der Waals surface area (Å²) < 4.78 is 5.39. The zero-order valence-corrected chi connectivity index (χ0v) is 19.1. The van der Waals surface area contributed by atoms with Crippen LogP contribution in [-0.2, 0) is 20.9 Å². The smallest absolute Gasteiger partial charge is 0.329 e. The molecule has 3 aliphatic rings. The highest BCUT2D eigenvalue weighted by Crippen LogP contribution is 2.34. The third-order valence-electron chi connectivity index (χ3n) is 6.69. The van der Waals surface area contributed by atoms with Crippen molar-refractivity contribution in [1.29, 1.82) is 0 Å². The van der Waals surface area contributed by atoms with E-state index in [0.29, 0.717) is 30.8 Å². The molecule has 2 saturated heterocycles. The quantitative estimate of drug-likeness (QED) is 0.687. The Labute approximate surface area is 197 Å². The number of urea groups is 1. The number of ether oxygens (including phenoxy) is 1. The van der Waals surface area contributed by atoms with Crippen molar-refractivity contribution in [3.05, 3.63) is 59.2 Å². The molecule has 34 heavy (non-hydrogen) atoms. The third kappa shape index (κ3) is 3.71. The first-order valence-electron chi connectivity index (χ1n) is 11.3. The molecule has 2 atom stereocenters. The van der Waals surface area contributed by atoms with Gasteiger partial charge in [0.05, 0.1) is 19.2 Å². The molecule has 5 amide bonds. The molecule has 0 aliphatic carbocycles. The number of anilines is 2. The number of nitrogens with one attached hydrogen (secondary N) is 1. The maximum Gasteiger partial charge on any atom is 0.329 e. The molecule has 2 fully saturated rings. The fourth-order valence-corrected chi connectivity index (χ4v) is 4.95. The number of carbonyl (C=O) groups excluding carboxylic acids is 4. The lowest BCUT2D eigenvalue weighted by Crippen LogP contribution is -2.52. The Bertz CT molecular complexity index is 1180. The SMILES string of the molecule is COC[C@H]1CN(c2ccc3c(c2)CN(C2CCC(=O)NC2=O)C3=O)C(=O)N1c1ccc(C)cc1. The van der Waals surface area contributed by atoms with Crippen LogP contribution in [-0.4, -0.2) is 61.0 Å². The molecule has 0 spiro atoms. The number of rotatable bonds is 5. The minimum absolute atomic E-state index is 0.155. The normalized spacial score (nSPS) is 22.5. The number of hydrogen-bond acceptors (Lipinski definition) is 5. The summed E-state index contributed by atoms with van der Waals surface area (Å²) in [4.78, 5) is 55.2. The number of benzene rings is 2. The fraction of sp³-hybridized carbons (Fsp3) is 0.360. The zero-order chi connectivity index (χ0) is 24.0. The third-order valence-corrected chi connectivity index (χ3v) is 6.69. The van der Waals surface area contributed by atoms with E-state index in [2.05, 4.69) is 5.32 Å². The van der Waals surface area contributed by atoms with Crippen LogP contribution in [0.5, 0.6) is 0 Å². The number of fused-ring (bicyclic) bond motifs is 1. The molecule has 2 aromatic carbocycles. The van der Waals surface area contributed by atoms with E-state index in [4.69, 9.17) is 4.74 Å². The van der Waals surface area contributed by atoms with Gasteiger partial charge in [-0.3, -0.25) is 29.5 Å². The Morgan fingerprint density at radius 3 is 2.47 bits per heavy atom. The lowest BCUT2D eigenvalue weighted by Gasteiger charge is -2.29. The molecule has 1 N–H and O–H groups in total. The van der Waals surface area contributed by atoms with Crippen LogP contribution in [0, 0.1) is 6.92 Å². The Morgan fingerprint density at radius 1 is 1.03 bits per heavy atom. The number of piperidine rings is 1. The highest BCUT2D eigenvalue weighted by atomic mass is 16.5. The van der Waals surface area contributed by atoms with Gasteiger partial charge in [0.25, 0.3) is 5.91 Å². The lowest BCUT2D eigenvalue weighted by atomic mass is 10.0. The summed E-state index contributed by atoms with van der Waals surface area (Å²) in [5, 5.41) is 2.31. The Kier molecular flexibility index (Phi) is 5.57. The number of imide groups is 1. The van der Waals surface area contributed by atoms with Crippen LogP contribution < -0.4 is 15.1 Å². The Morgan fingerprint density at radius 2 is 1.76 bits per heavy atom.